The largest absolute Gasteiger partial charge is 0.456 e. The summed E-state index contributed by atoms with van der Waals surface area (Å²) < 4.78 is 17.1. The summed E-state index contributed by atoms with van der Waals surface area (Å²) in [5, 5.41) is 9.58. The molecule has 0 amide bonds. The lowest BCUT2D eigenvalue weighted by molar-refractivity contribution is 0.660. The van der Waals surface area contributed by atoms with Crippen LogP contribution in [0.3, 0.4) is 0 Å². The first kappa shape index (κ1) is 81.2. The highest BCUT2D eigenvalue weighted by molar-refractivity contribution is 6.13. The molecule has 4 heterocycles. The average Bonchev–Trinajstić information content (AvgIpc) is 1.57. The van der Waals surface area contributed by atoms with Gasteiger partial charge in [-0.3, -0.25) is 0 Å². The highest BCUT2D eigenvalue weighted by Gasteiger charge is 2.39. The van der Waals surface area contributed by atoms with Gasteiger partial charge in [0.2, 0.25) is 0 Å². The molecule has 27 rings (SSSR count). The summed E-state index contributed by atoms with van der Waals surface area (Å²) in [6.07, 6.45) is 0. The fraction of sp³-hybridized carbons (Fsp3) is 0.0455. The average molecular weight is 1770 g/mol. The van der Waals surface area contributed by atoms with Crippen LogP contribution in [0.25, 0.3) is 199 Å². The minimum atomic E-state index is -0.245. The Hall–Kier alpha value is -17.6. The third kappa shape index (κ3) is 13.8. The van der Waals surface area contributed by atoms with E-state index in [1.54, 1.807) is 0 Å². The highest BCUT2D eigenvalue weighted by Crippen LogP contribution is 2.56. The van der Waals surface area contributed by atoms with Crippen molar-refractivity contribution < 1.29 is 8.83 Å². The van der Waals surface area contributed by atoms with Crippen molar-refractivity contribution in [2.45, 2.75) is 38.5 Å². The molecule has 21 aromatic carbocycles. The maximum absolute atomic E-state index is 6.18. The van der Waals surface area contributed by atoms with Crippen molar-refractivity contribution in [1.82, 2.24) is 9.13 Å². The zero-order valence-electron chi connectivity index (χ0n) is 76.8. The second-order valence-corrected chi connectivity index (χ2v) is 37.9. The number of aromatic nitrogens is 2. The molecule has 0 unspecified atom stereocenters. The first-order chi connectivity index (χ1) is 67.9. The van der Waals surface area contributed by atoms with Crippen LogP contribution in [0.2, 0.25) is 0 Å². The third-order valence-electron chi connectivity index (χ3n) is 29.2. The van der Waals surface area contributed by atoms with Gasteiger partial charge in [-0.05, 0) is 304 Å². The Morgan fingerprint density at radius 3 is 0.768 bits per heavy atom. The zero-order valence-corrected chi connectivity index (χ0v) is 76.8. The predicted molar refractivity (Wildman–Crippen MR) is 579 cm³/mol. The summed E-state index contributed by atoms with van der Waals surface area (Å²) in [4.78, 5) is 4.81. The molecular formula is C132H92N4O2. The normalized spacial score (nSPS) is 12.8. The molecular weight excluding hydrogens is 1670 g/mol. The van der Waals surface area contributed by atoms with Crippen LogP contribution < -0.4 is 9.80 Å². The van der Waals surface area contributed by atoms with Gasteiger partial charge in [-0.15, -0.1) is 0 Å². The van der Waals surface area contributed by atoms with Crippen LogP contribution in [-0.4, -0.2) is 9.13 Å². The third-order valence-corrected chi connectivity index (χ3v) is 29.2. The van der Waals surface area contributed by atoms with Crippen molar-refractivity contribution in [1.29, 1.82) is 0 Å². The standard InChI is InChI=1S/C69H48N2O.C63H44N2O/c1-69(2)63-43-52(51-30-39-66-61(41-51)59-17-9-11-19-65(59)71(66)53-15-7-4-8-16-53)29-37-57(63)58-38-36-56(44-64(58)69)70(54-32-25-48(26-33-54)47-23-21-46(22-24-47)45-13-5-3-6-14-45)55-34-27-49(28-35-55)50-31-40-68-62(42-50)60-18-10-12-20-67(60)72-68;1-63(2)57-39-46(45-26-35-60-55(37-45)53-17-9-11-19-59(53)65(60)47-15-7-4-8-16-47)25-33-51(57)52-34-32-50(40-58(52)63)64(48-28-21-42(22-29-48)41-13-5-3-6-14-41)49-30-23-43(24-31-49)44-27-36-62-56(38-44)54-18-10-12-20-61(54)66-62/h3-44H,1-2H3;3-40H,1-2H3. The van der Waals surface area contributed by atoms with Gasteiger partial charge < -0.3 is 27.8 Å². The lowest BCUT2D eigenvalue weighted by atomic mass is 9.81. The van der Waals surface area contributed by atoms with Gasteiger partial charge in [0.15, 0.2) is 0 Å². The van der Waals surface area contributed by atoms with Gasteiger partial charge in [-0.25, -0.2) is 0 Å². The first-order valence-corrected chi connectivity index (χ1v) is 47.7. The molecule has 0 N–H and O–H groups in total. The Labute approximate surface area is 801 Å². The van der Waals surface area contributed by atoms with Crippen LogP contribution in [0.1, 0.15) is 49.9 Å². The van der Waals surface area contributed by atoms with Gasteiger partial charge in [0.05, 0.1) is 22.1 Å². The molecule has 652 valence electrons. The fourth-order valence-corrected chi connectivity index (χ4v) is 22.1. The second kappa shape index (κ2) is 32.7. The van der Waals surface area contributed by atoms with E-state index in [0.29, 0.717) is 0 Å². The molecule has 2 aliphatic carbocycles. The first-order valence-electron chi connectivity index (χ1n) is 47.7. The summed E-state index contributed by atoms with van der Waals surface area (Å²) in [5.74, 6) is 0. The van der Waals surface area contributed by atoms with Gasteiger partial charge in [0.25, 0.3) is 0 Å². The molecule has 0 fully saturated rings. The van der Waals surface area contributed by atoms with E-state index in [2.05, 4.69) is 508 Å². The van der Waals surface area contributed by atoms with E-state index in [1.165, 1.54) is 155 Å². The van der Waals surface area contributed by atoms with Crippen molar-refractivity contribution in [3.05, 3.63) is 508 Å². The minimum absolute atomic E-state index is 0.229. The van der Waals surface area contributed by atoms with Gasteiger partial charge in [-0.1, -0.05) is 331 Å². The number of furan rings is 2. The molecule has 6 nitrogen and oxygen atoms in total. The van der Waals surface area contributed by atoms with Crippen LogP contribution in [0.15, 0.2) is 494 Å². The quantitative estimate of drug-likeness (QED) is 0.103. The monoisotopic (exact) mass is 1760 g/mol. The summed E-state index contributed by atoms with van der Waals surface area (Å²) >= 11 is 0. The Balaban J connectivity index is 0.000000143. The van der Waals surface area contributed by atoms with Crippen molar-refractivity contribution in [2.75, 3.05) is 9.80 Å². The Morgan fingerprint density at radius 1 is 0.167 bits per heavy atom. The lowest BCUT2D eigenvalue weighted by Crippen LogP contribution is -2.16. The maximum Gasteiger partial charge on any atom is 0.135 e. The molecule has 0 saturated heterocycles. The number of nitrogens with zero attached hydrogens (tertiary/aromatic N) is 4. The van der Waals surface area contributed by atoms with E-state index >= 15 is 0 Å². The molecule has 6 heteroatoms. The molecule has 0 atom stereocenters. The van der Waals surface area contributed by atoms with E-state index < -0.39 is 0 Å². The number of benzene rings is 21. The predicted octanol–water partition coefficient (Wildman–Crippen LogP) is 36.6. The van der Waals surface area contributed by atoms with E-state index in [4.69, 9.17) is 8.83 Å². The van der Waals surface area contributed by atoms with Crippen LogP contribution in [0.5, 0.6) is 0 Å². The second-order valence-electron chi connectivity index (χ2n) is 37.9. The van der Waals surface area contributed by atoms with E-state index in [9.17, 15) is 0 Å². The van der Waals surface area contributed by atoms with Crippen molar-refractivity contribution >= 4 is 122 Å². The molecule has 138 heavy (non-hydrogen) atoms. The molecule has 2 aliphatic rings. The van der Waals surface area contributed by atoms with E-state index in [0.717, 1.165) is 100 Å². The molecule has 0 aliphatic heterocycles. The van der Waals surface area contributed by atoms with Crippen LogP contribution in [0, 0.1) is 0 Å². The highest BCUT2D eigenvalue weighted by atomic mass is 16.3. The number of anilines is 6. The SMILES string of the molecule is CC1(C)c2cc(-c3ccc4c(c3)c3ccccc3n4-c3ccccc3)ccc2-c2ccc(N(c3ccc(-c4ccc(-c5ccccc5)cc4)cc3)c3ccc(-c4ccc5oc6ccccc6c5c4)cc3)cc21.CC1(C)c2cc(-c3ccc4c(c3)c3ccccc3n4-c3ccccc3)ccc2-c2ccc(N(c3ccc(-c4ccccc4)cc3)c3ccc(-c4ccc5oc6ccccc6c5c4)cc3)cc21. The minimum Gasteiger partial charge on any atom is -0.456 e. The van der Waals surface area contributed by atoms with Gasteiger partial charge >= 0.3 is 0 Å². The van der Waals surface area contributed by atoms with Gasteiger partial charge in [0.1, 0.15) is 22.3 Å². The molecule has 0 bridgehead atoms. The molecule has 0 spiro atoms. The summed E-state index contributed by atoms with van der Waals surface area (Å²) in [6.45, 7) is 9.55. The summed E-state index contributed by atoms with van der Waals surface area (Å²) in [5.41, 5.74) is 44.3. The summed E-state index contributed by atoms with van der Waals surface area (Å²) in [6, 6.07) is 177. The number of rotatable bonds is 15. The van der Waals surface area contributed by atoms with Crippen molar-refractivity contribution in [2.24, 2.45) is 0 Å². The Kier molecular flexibility index (Phi) is 19.2. The zero-order chi connectivity index (χ0) is 91.9. The van der Waals surface area contributed by atoms with Crippen LogP contribution in [-0.2, 0) is 10.8 Å². The Morgan fingerprint density at radius 2 is 0.399 bits per heavy atom. The number of fused-ring (bicyclic) bond motifs is 18. The van der Waals surface area contributed by atoms with Crippen molar-refractivity contribution in [3.8, 4) is 112 Å². The molecule has 25 aromatic rings. The smallest absolute Gasteiger partial charge is 0.135 e. The molecule has 0 radical (unpaired) electrons. The maximum atomic E-state index is 6.18. The fourth-order valence-electron chi connectivity index (χ4n) is 22.1. The number of hydrogen-bond donors (Lipinski definition) is 0. The van der Waals surface area contributed by atoms with E-state index in [-0.39, 0.29) is 10.8 Å². The van der Waals surface area contributed by atoms with Crippen LogP contribution in [0.4, 0.5) is 34.1 Å². The van der Waals surface area contributed by atoms with Gasteiger partial charge in [0, 0.05) is 99.4 Å². The van der Waals surface area contributed by atoms with Gasteiger partial charge in [-0.2, -0.15) is 0 Å². The van der Waals surface area contributed by atoms with Crippen LogP contribution >= 0.6 is 0 Å². The molecule has 0 saturated carbocycles. The topological polar surface area (TPSA) is 42.6 Å². The van der Waals surface area contributed by atoms with Crippen molar-refractivity contribution in [3.63, 3.8) is 0 Å². The number of hydrogen-bond acceptors (Lipinski definition) is 4. The van der Waals surface area contributed by atoms with E-state index in [1.807, 2.05) is 24.3 Å². The summed E-state index contributed by atoms with van der Waals surface area (Å²) in [7, 11) is 0. The number of para-hydroxylation sites is 6. The Bertz CT molecular complexity index is 9080. The molecule has 4 aromatic heterocycles. The lowest BCUT2D eigenvalue weighted by Gasteiger charge is -2.28.